The molecule has 0 bridgehead atoms. The summed E-state index contributed by atoms with van der Waals surface area (Å²) in [6.07, 6.45) is 5.36. The average molecular weight is 362 g/mol. The number of rotatable bonds is 6. The van der Waals surface area contributed by atoms with Gasteiger partial charge in [-0.05, 0) is 30.2 Å². The summed E-state index contributed by atoms with van der Waals surface area (Å²) < 4.78 is 4.86. The molecule has 0 aliphatic carbocycles. The third kappa shape index (κ3) is 4.64. The lowest BCUT2D eigenvalue weighted by atomic mass is 10.0. The normalized spacial score (nSPS) is 12.2. The Kier molecular flexibility index (Phi) is 5.71. The molecular weight excluding hydrogens is 340 g/mol. The summed E-state index contributed by atoms with van der Waals surface area (Å²) in [5.41, 5.74) is 3.98. The number of hydrogen-bond donors (Lipinski definition) is 2. The Hall–Kier alpha value is -3.34. The van der Waals surface area contributed by atoms with Gasteiger partial charge in [0.15, 0.2) is 0 Å². The Morgan fingerprint density at radius 3 is 2.78 bits per heavy atom. The zero-order valence-electron chi connectivity index (χ0n) is 15.4. The quantitative estimate of drug-likeness (QED) is 0.522. The van der Waals surface area contributed by atoms with E-state index in [9.17, 15) is 9.59 Å². The molecule has 1 atom stereocenters. The topological polar surface area (TPSA) is 71.2 Å². The van der Waals surface area contributed by atoms with Crippen LogP contribution in [0.4, 0.5) is 0 Å². The highest BCUT2D eigenvalue weighted by Gasteiger charge is 2.22. The molecule has 0 radical (unpaired) electrons. The number of aromatic amines is 1. The Bertz CT molecular complexity index is 988. The summed E-state index contributed by atoms with van der Waals surface area (Å²) in [4.78, 5) is 27.6. The highest BCUT2D eigenvalue weighted by molar-refractivity contribution is 5.95. The van der Waals surface area contributed by atoms with Crippen LogP contribution < -0.4 is 5.32 Å². The van der Waals surface area contributed by atoms with Gasteiger partial charge in [-0.1, -0.05) is 48.0 Å². The summed E-state index contributed by atoms with van der Waals surface area (Å²) in [6.45, 7) is 1.99. The molecule has 0 spiro atoms. The number of para-hydroxylation sites is 1. The maximum Gasteiger partial charge on any atom is 0.328 e. The first kappa shape index (κ1) is 18.5. The third-order valence-electron chi connectivity index (χ3n) is 4.37. The molecule has 138 valence electrons. The minimum Gasteiger partial charge on any atom is -0.467 e. The van der Waals surface area contributed by atoms with Gasteiger partial charge in [0.25, 0.3) is 0 Å². The van der Waals surface area contributed by atoms with E-state index < -0.39 is 12.0 Å². The number of aryl methyl sites for hydroxylation is 1. The predicted molar refractivity (Wildman–Crippen MR) is 106 cm³/mol. The molecule has 27 heavy (non-hydrogen) atoms. The summed E-state index contributed by atoms with van der Waals surface area (Å²) in [7, 11) is 1.32. The van der Waals surface area contributed by atoms with Crippen molar-refractivity contribution in [3.63, 3.8) is 0 Å². The molecule has 5 nitrogen and oxygen atoms in total. The van der Waals surface area contributed by atoms with Crippen molar-refractivity contribution in [2.24, 2.45) is 0 Å². The number of ether oxygens (including phenoxy) is 1. The van der Waals surface area contributed by atoms with Crippen molar-refractivity contribution in [3.05, 3.63) is 77.5 Å². The monoisotopic (exact) mass is 362 g/mol. The number of carbonyl (C=O) groups excluding carboxylic acids is 2. The van der Waals surface area contributed by atoms with Crippen LogP contribution in [0.2, 0.25) is 0 Å². The molecule has 0 fully saturated rings. The second-order valence-electron chi connectivity index (χ2n) is 6.40. The molecule has 2 N–H and O–H groups in total. The number of esters is 1. The number of fused-ring (bicyclic) bond motifs is 1. The Morgan fingerprint density at radius 2 is 2.00 bits per heavy atom. The molecule has 2 aromatic carbocycles. The van der Waals surface area contributed by atoms with Gasteiger partial charge >= 0.3 is 5.97 Å². The van der Waals surface area contributed by atoms with Crippen molar-refractivity contribution < 1.29 is 14.3 Å². The SMILES string of the molecule is COC(=O)C(Cc1c[nH]c2ccccc12)NC(=O)C=Cc1cccc(C)c1. The van der Waals surface area contributed by atoms with Crippen molar-refractivity contribution >= 4 is 28.9 Å². The van der Waals surface area contributed by atoms with E-state index in [4.69, 9.17) is 4.74 Å². The van der Waals surface area contributed by atoms with Crippen molar-refractivity contribution in [3.8, 4) is 0 Å². The van der Waals surface area contributed by atoms with E-state index in [-0.39, 0.29) is 5.91 Å². The molecule has 1 heterocycles. The zero-order chi connectivity index (χ0) is 19.2. The van der Waals surface area contributed by atoms with Gasteiger partial charge in [-0.15, -0.1) is 0 Å². The smallest absolute Gasteiger partial charge is 0.328 e. The standard InChI is InChI=1S/C22H22N2O3/c1-15-6-5-7-16(12-15)10-11-21(25)24-20(22(26)27-2)13-17-14-23-19-9-4-3-8-18(17)19/h3-12,14,20,23H,13H2,1-2H3,(H,24,25). The maximum atomic E-state index is 12.3. The fraction of sp³-hybridized carbons (Fsp3) is 0.182. The molecule has 0 aliphatic heterocycles. The molecule has 1 amide bonds. The van der Waals surface area contributed by atoms with Crippen LogP contribution in [0.5, 0.6) is 0 Å². The molecule has 5 heteroatoms. The maximum absolute atomic E-state index is 12.3. The van der Waals surface area contributed by atoms with Gasteiger partial charge in [0.1, 0.15) is 6.04 Å². The lowest BCUT2D eigenvalue weighted by Crippen LogP contribution is -2.42. The van der Waals surface area contributed by atoms with E-state index in [1.807, 2.05) is 61.7 Å². The molecule has 1 aromatic heterocycles. The van der Waals surface area contributed by atoms with Crippen molar-refractivity contribution in [1.29, 1.82) is 0 Å². The van der Waals surface area contributed by atoms with E-state index in [1.165, 1.54) is 13.2 Å². The van der Waals surface area contributed by atoms with Crippen LogP contribution in [0, 0.1) is 6.92 Å². The minimum absolute atomic E-state index is 0.341. The first-order valence-corrected chi connectivity index (χ1v) is 8.75. The van der Waals surface area contributed by atoms with Crippen molar-refractivity contribution in [2.45, 2.75) is 19.4 Å². The van der Waals surface area contributed by atoms with Crippen LogP contribution in [0.15, 0.2) is 60.8 Å². The Morgan fingerprint density at radius 1 is 1.19 bits per heavy atom. The lowest BCUT2D eigenvalue weighted by Gasteiger charge is -2.15. The number of nitrogens with one attached hydrogen (secondary N) is 2. The molecule has 0 saturated carbocycles. The predicted octanol–water partition coefficient (Wildman–Crippen LogP) is 3.39. The average Bonchev–Trinajstić information content (AvgIpc) is 3.08. The Labute approximate surface area is 158 Å². The van der Waals surface area contributed by atoms with Gasteiger partial charge in [-0.3, -0.25) is 4.79 Å². The molecular formula is C22H22N2O3. The van der Waals surface area contributed by atoms with Gasteiger partial charge in [0.05, 0.1) is 7.11 Å². The first-order chi connectivity index (χ1) is 13.1. The van der Waals surface area contributed by atoms with Crippen LogP contribution in [0.1, 0.15) is 16.7 Å². The number of benzene rings is 2. The fourth-order valence-electron chi connectivity index (χ4n) is 3.02. The van der Waals surface area contributed by atoms with Gasteiger partial charge in [-0.2, -0.15) is 0 Å². The van der Waals surface area contributed by atoms with E-state index in [0.717, 1.165) is 27.6 Å². The number of carbonyl (C=O) groups is 2. The van der Waals surface area contributed by atoms with Crippen LogP contribution in [0.3, 0.4) is 0 Å². The molecule has 1 unspecified atom stereocenters. The van der Waals surface area contributed by atoms with Crippen LogP contribution >= 0.6 is 0 Å². The van der Waals surface area contributed by atoms with Crippen LogP contribution in [-0.2, 0) is 20.7 Å². The highest BCUT2D eigenvalue weighted by Crippen LogP contribution is 2.19. The number of amides is 1. The molecule has 0 saturated heterocycles. The number of hydrogen-bond acceptors (Lipinski definition) is 3. The fourth-order valence-corrected chi connectivity index (χ4v) is 3.02. The number of methoxy groups -OCH3 is 1. The largest absolute Gasteiger partial charge is 0.467 e. The van der Waals surface area contributed by atoms with Crippen molar-refractivity contribution in [1.82, 2.24) is 10.3 Å². The summed E-state index contributed by atoms with van der Waals surface area (Å²) in [5, 5.41) is 3.77. The third-order valence-corrected chi connectivity index (χ3v) is 4.37. The van der Waals surface area contributed by atoms with E-state index in [1.54, 1.807) is 6.08 Å². The molecule has 3 rings (SSSR count). The van der Waals surface area contributed by atoms with Gasteiger partial charge < -0.3 is 15.0 Å². The number of H-pyrrole nitrogens is 1. The first-order valence-electron chi connectivity index (χ1n) is 8.75. The van der Waals surface area contributed by atoms with E-state index >= 15 is 0 Å². The van der Waals surface area contributed by atoms with Gasteiger partial charge in [0.2, 0.25) is 5.91 Å². The molecule has 0 aliphatic rings. The Balaban J connectivity index is 1.73. The van der Waals surface area contributed by atoms with E-state index in [0.29, 0.717) is 6.42 Å². The zero-order valence-corrected chi connectivity index (χ0v) is 15.4. The summed E-state index contributed by atoms with van der Waals surface area (Å²) in [6, 6.07) is 14.9. The second kappa shape index (κ2) is 8.36. The summed E-state index contributed by atoms with van der Waals surface area (Å²) in [5.74, 6) is -0.815. The van der Waals surface area contributed by atoms with Gasteiger partial charge in [0, 0.05) is 29.6 Å². The number of aromatic nitrogens is 1. The van der Waals surface area contributed by atoms with Crippen LogP contribution in [-0.4, -0.2) is 30.0 Å². The van der Waals surface area contributed by atoms with E-state index in [2.05, 4.69) is 10.3 Å². The summed E-state index contributed by atoms with van der Waals surface area (Å²) >= 11 is 0. The highest BCUT2D eigenvalue weighted by atomic mass is 16.5. The second-order valence-corrected chi connectivity index (χ2v) is 6.40. The van der Waals surface area contributed by atoms with Crippen molar-refractivity contribution in [2.75, 3.05) is 7.11 Å². The van der Waals surface area contributed by atoms with Crippen LogP contribution in [0.25, 0.3) is 17.0 Å². The lowest BCUT2D eigenvalue weighted by molar-refractivity contribution is -0.144. The molecule has 3 aromatic rings. The van der Waals surface area contributed by atoms with Gasteiger partial charge in [-0.25, -0.2) is 4.79 Å². The minimum atomic E-state index is -0.760.